The Labute approximate surface area is 105 Å². The number of hydrogen-bond acceptors (Lipinski definition) is 3. The number of rotatable bonds is 4. The molecular formula is C14H15N3O. The average molecular weight is 241 g/mol. The van der Waals surface area contributed by atoms with E-state index in [1.54, 1.807) is 6.26 Å². The maximum Gasteiger partial charge on any atom is 0.134 e. The Bertz CT molecular complexity index is 654. The molecule has 4 nitrogen and oxygen atoms in total. The molecule has 3 rings (SSSR count). The minimum absolute atomic E-state index is 0.756. The third-order valence-corrected chi connectivity index (χ3v) is 2.94. The summed E-state index contributed by atoms with van der Waals surface area (Å²) in [6.07, 6.45) is 3.62. The van der Waals surface area contributed by atoms with Crippen molar-refractivity contribution in [1.29, 1.82) is 0 Å². The molecule has 1 aromatic carbocycles. The van der Waals surface area contributed by atoms with Crippen LogP contribution in [0.5, 0.6) is 0 Å². The number of imidazole rings is 1. The molecule has 0 spiro atoms. The minimum atomic E-state index is 0.756. The van der Waals surface area contributed by atoms with Crippen molar-refractivity contribution in [3.8, 4) is 11.3 Å². The fourth-order valence-electron chi connectivity index (χ4n) is 2.02. The Morgan fingerprint density at radius 3 is 3.11 bits per heavy atom. The lowest BCUT2D eigenvalue weighted by atomic mass is 10.1. The van der Waals surface area contributed by atoms with Gasteiger partial charge in [-0.3, -0.25) is 0 Å². The van der Waals surface area contributed by atoms with Gasteiger partial charge in [-0.2, -0.15) is 0 Å². The van der Waals surface area contributed by atoms with Crippen LogP contribution in [0.3, 0.4) is 0 Å². The van der Waals surface area contributed by atoms with Gasteiger partial charge in [-0.25, -0.2) is 4.98 Å². The molecule has 0 saturated heterocycles. The number of para-hydroxylation sites is 1. The highest BCUT2D eigenvalue weighted by atomic mass is 16.3. The number of fused-ring (bicyclic) bond motifs is 1. The van der Waals surface area contributed by atoms with Crippen molar-refractivity contribution in [2.24, 2.45) is 0 Å². The largest absolute Gasteiger partial charge is 0.464 e. The van der Waals surface area contributed by atoms with Crippen molar-refractivity contribution in [2.75, 3.05) is 6.54 Å². The molecule has 0 radical (unpaired) electrons. The fraction of sp³-hybridized carbons (Fsp3) is 0.214. The van der Waals surface area contributed by atoms with Crippen LogP contribution in [-0.4, -0.2) is 16.5 Å². The van der Waals surface area contributed by atoms with E-state index in [0.29, 0.717) is 0 Å². The van der Waals surface area contributed by atoms with Crippen LogP contribution in [-0.2, 0) is 6.54 Å². The Kier molecular flexibility index (Phi) is 2.86. The van der Waals surface area contributed by atoms with Gasteiger partial charge >= 0.3 is 0 Å². The molecule has 4 heteroatoms. The molecule has 2 N–H and O–H groups in total. The molecule has 0 aliphatic heterocycles. The Morgan fingerprint density at radius 1 is 1.33 bits per heavy atom. The molecule has 0 amide bonds. The summed E-state index contributed by atoms with van der Waals surface area (Å²) in [5.74, 6) is 0.942. The first-order valence-electron chi connectivity index (χ1n) is 6.09. The topological polar surface area (TPSA) is 53.9 Å². The first-order valence-corrected chi connectivity index (χ1v) is 6.09. The van der Waals surface area contributed by atoms with Crippen molar-refractivity contribution in [1.82, 2.24) is 15.3 Å². The van der Waals surface area contributed by atoms with Crippen molar-refractivity contribution in [2.45, 2.75) is 13.5 Å². The molecule has 0 aliphatic rings. The van der Waals surface area contributed by atoms with Gasteiger partial charge in [0.15, 0.2) is 0 Å². The summed E-state index contributed by atoms with van der Waals surface area (Å²) >= 11 is 0. The van der Waals surface area contributed by atoms with Crippen molar-refractivity contribution in [3.05, 3.63) is 42.5 Å². The van der Waals surface area contributed by atoms with E-state index in [1.807, 2.05) is 24.4 Å². The zero-order chi connectivity index (χ0) is 12.4. The van der Waals surface area contributed by atoms with Gasteiger partial charge in [-0.1, -0.05) is 25.1 Å². The SMILES string of the molecule is CCNCc1ncc(-c2coc3ccccc23)[nH]1. The van der Waals surface area contributed by atoms with Crippen LogP contribution in [0.15, 0.2) is 41.1 Å². The number of furan rings is 1. The maximum absolute atomic E-state index is 5.53. The normalized spacial score (nSPS) is 11.2. The van der Waals surface area contributed by atoms with Gasteiger partial charge in [0.25, 0.3) is 0 Å². The van der Waals surface area contributed by atoms with E-state index in [0.717, 1.165) is 41.1 Å². The smallest absolute Gasteiger partial charge is 0.134 e. The van der Waals surface area contributed by atoms with Gasteiger partial charge in [-0.05, 0) is 12.6 Å². The summed E-state index contributed by atoms with van der Waals surface area (Å²) in [6, 6.07) is 8.00. The summed E-state index contributed by atoms with van der Waals surface area (Å²) in [6.45, 7) is 3.77. The molecule has 0 saturated carbocycles. The second-order valence-corrected chi connectivity index (χ2v) is 4.17. The zero-order valence-electron chi connectivity index (χ0n) is 10.2. The summed E-state index contributed by atoms with van der Waals surface area (Å²) < 4.78 is 5.53. The third-order valence-electron chi connectivity index (χ3n) is 2.94. The van der Waals surface area contributed by atoms with E-state index in [4.69, 9.17) is 4.42 Å². The summed E-state index contributed by atoms with van der Waals surface area (Å²) in [4.78, 5) is 7.67. The molecule has 3 aromatic rings. The van der Waals surface area contributed by atoms with Crippen LogP contribution < -0.4 is 5.32 Å². The molecule has 18 heavy (non-hydrogen) atoms. The molecule has 92 valence electrons. The number of nitrogens with one attached hydrogen (secondary N) is 2. The van der Waals surface area contributed by atoms with Crippen molar-refractivity contribution in [3.63, 3.8) is 0 Å². The van der Waals surface area contributed by atoms with Crippen molar-refractivity contribution < 1.29 is 4.42 Å². The number of aromatic nitrogens is 2. The number of benzene rings is 1. The fourth-order valence-corrected chi connectivity index (χ4v) is 2.02. The van der Waals surface area contributed by atoms with Crippen LogP contribution in [0.4, 0.5) is 0 Å². The lowest BCUT2D eigenvalue weighted by molar-refractivity contribution is 0.617. The van der Waals surface area contributed by atoms with E-state index < -0.39 is 0 Å². The quantitative estimate of drug-likeness (QED) is 0.738. The third kappa shape index (κ3) is 1.91. The highest BCUT2D eigenvalue weighted by Crippen LogP contribution is 2.28. The second kappa shape index (κ2) is 4.66. The molecule has 0 aliphatic carbocycles. The predicted octanol–water partition coefficient (Wildman–Crippen LogP) is 2.93. The number of aromatic amines is 1. The van der Waals surface area contributed by atoms with Gasteiger partial charge in [0, 0.05) is 10.9 Å². The summed E-state index contributed by atoms with van der Waals surface area (Å²) in [5, 5.41) is 4.35. The van der Waals surface area contributed by atoms with E-state index in [9.17, 15) is 0 Å². The van der Waals surface area contributed by atoms with E-state index in [-0.39, 0.29) is 0 Å². The van der Waals surface area contributed by atoms with E-state index in [1.165, 1.54) is 0 Å². The van der Waals surface area contributed by atoms with Crippen LogP contribution >= 0.6 is 0 Å². The molecule has 0 atom stereocenters. The number of H-pyrrole nitrogens is 1. The lowest BCUT2D eigenvalue weighted by Gasteiger charge is -1.96. The van der Waals surface area contributed by atoms with Crippen LogP contribution in [0, 0.1) is 0 Å². The monoisotopic (exact) mass is 241 g/mol. The maximum atomic E-state index is 5.53. The molecular weight excluding hydrogens is 226 g/mol. The Hall–Kier alpha value is -2.07. The second-order valence-electron chi connectivity index (χ2n) is 4.17. The van der Waals surface area contributed by atoms with E-state index >= 15 is 0 Å². The predicted molar refractivity (Wildman–Crippen MR) is 71.2 cm³/mol. The molecule has 0 fully saturated rings. The molecule has 0 bridgehead atoms. The first-order chi connectivity index (χ1) is 8.88. The van der Waals surface area contributed by atoms with Crippen LogP contribution in [0.25, 0.3) is 22.2 Å². The Morgan fingerprint density at radius 2 is 2.22 bits per heavy atom. The van der Waals surface area contributed by atoms with Gasteiger partial charge < -0.3 is 14.7 Å². The average Bonchev–Trinajstić information content (AvgIpc) is 3.02. The molecule has 2 heterocycles. The number of hydrogen-bond donors (Lipinski definition) is 2. The summed E-state index contributed by atoms with van der Waals surface area (Å²) in [5.41, 5.74) is 2.95. The highest BCUT2D eigenvalue weighted by molar-refractivity contribution is 5.92. The van der Waals surface area contributed by atoms with Crippen LogP contribution in [0.2, 0.25) is 0 Å². The highest BCUT2D eigenvalue weighted by Gasteiger charge is 2.09. The van der Waals surface area contributed by atoms with Gasteiger partial charge in [0.2, 0.25) is 0 Å². The standard InChI is InChI=1S/C14H15N3O/c1-2-15-8-14-16-7-12(17-14)11-9-18-13-6-4-3-5-10(11)13/h3-7,9,15H,2,8H2,1H3,(H,16,17). The van der Waals surface area contributed by atoms with Crippen molar-refractivity contribution >= 4 is 11.0 Å². The summed E-state index contributed by atoms with van der Waals surface area (Å²) in [7, 11) is 0. The Balaban J connectivity index is 1.96. The minimum Gasteiger partial charge on any atom is -0.464 e. The van der Waals surface area contributed by atoms with Gasteiger partial charge in [0.05, 0.1) is 18.4 Å². The first kappa shape index (κ1) is 11.0. The van der Waals surface area contributed by atoms with E-state index in [2.05, 4.69) is 28.3 Å². The van der Waals surface area contributed by atoms with Crippen LogP contribution in [0.1, 0.15) is 12.7 Å². The van der Waals surface area contributed by atoms with Gasteiger partial charge in [0.1, 0.15) is 17.7 Å². The van der Waals surface area contributed by atoms with Gasteiger partial charge in [-0.15, -0.1) is 0 Å². The lowest BCUT2D eigenvalue weighted by Crippen LogP contribution is -2.12. The molecule has 0 unspecified atom stereocenters. The molecule has 2 aromatic heterocycles. The zero-order valence-corrected chi connectivity index (χ0v) is 10.2. The number of nitrogens with zero attached hydrogens (tertiary/aromatic N) is 1.